The van der Waals surface area contributed by atoms with Crippen molar-refractivity contribution in [1.82, 2.24) is 5.32 Å². The van der Waals surface area contributed by atoms with Gasteiger partial charge in [0.25, 0.3) is 0 Å². The van der Waals surface area contributed by atoms with Crippen molar-refractivity contribution in [2.45, 2.75) is 25.3 Å². The van der Waals surface area contributed by atoms with E-state index in [1.54, 1.807) is 19.2 Å². The summed E-state index contributed by atoms with van der Waals surface area (Å²) >= 11 is 5.99. The van der Waals surface area contributed by atoms with Crippen molar-refractivity contribution in [3.63, 3.8) is 0 Å². The van der Waals surface area contributed by atoms with Crippen molar-refractivity contribution < 1.29 is 14.6 Å². The Morgan fingerprint density at radius 3 is 2.44 bits per heavy atom. The fourth-order valence-electron chi connectivity index (χ4n) is 2.75. The van der Waals surface area contributed by atoms with Crippen molar-refractivity contribution in [3.05, 3.63) is 70.2 Å². The molecule has 0 fully saturated rings. The van der Waals surface area contributed by atoms with E-state index in [2.05, 4.69) is 17.4 Å². The van der Waals surface area contributed by atoms with Crippen LogP contribution in [0, 0.1) is 0 Å². The Hall–Kier alpha value is -1.88. The molecule has 0 spiro atoms. The Kier molecular flexibility index (Phi) is 7.92. The zero-order chi connectivity index (χ0) is 18.1. The van der Waals surface area contributed by atoms with Crippen LogP contribution >= 0.6 is 11.6 Å². The number of methoxy groups -OCH3 is 1. The molecule has 0 radical (unpaired) electrons. The van der Waals surface area contributed by atoms with Gasteiger partial charge in [-0.2, -0.15) is 0 Å². The van der Waals surface area contributed by atoms with Gasteiger partial charge in [-0.15, -0.1) is 0 Å². The molecule has 0 aromatic heterocycles. The Balaban J connectivity index is 1.91. The van der Waals surface area contributed by atoms with Crippen molar-refractivity contribution >= 4 is 17.6 Å². The number of carboxylic acid groups (broad SMARTS) is 1. The summed E-state index contributed by atoms with van der Waals surface area (Å²) in [5.74, 6) is -0.522. The summed E-state index contributed by atoms with van der Waals surface area (Å²) in [6.45, 7) is 2.29. The predicted molar refractivity (Wildman–Crippen MR) is 100 cm³/mol. The molecule has 4 nitrogen and oxygen atoms in total. The van der Waals surface area contributed by atoms with Gasteiger partial charge in [-0.1, -0.05) is 35.9 Å². The average Bonchev–Trinajstić information content (AvgIpc) is 2.62. The summed E-state index contributed by atoms with van der Waals surface area (Å²) in [6, 6.07) is 14.9. The van der Waals surface area contributed by atoms with E-state index in [-0.39, 0.29) is 0 Å². The molecule has 0 saturated heterocycles. The first kappa shape index (κ1) is 19.4. The van der Waals surface area contributed by atoms with E-state index in [1.165, 1.54) is 5.56 Å². The average molecular weight is 362 g/mol. The van der Waals surface area contributed by atoms with Gasteiger partial charge in [0.2, 0.25) is 0 Å². The molecule has 0 saturated carbocycles. The quantitative estimate of drug-likeness (QED) is 0.618. The molecule has 0 aliphatic rings. The van der Waals surface area contributed by atoms with Crippen LogP contribution in [0.25, 0.3) is 0 Å². The molecule has 5 heteroatoms. The number of nitrogens with one attached hydrogen (secondary N) is 1. The molecule has 0 bridgehead atoms. The molecule has 2 aromatic rings. The maximum absolute atomic E-state index is 10.9. The molecule has 2 rings (SSSR count). The van der Waals surface area contributed by atoms with Gasteiger partial charge in [-0.3, -0.25) is 0 Å². The first-order valence-electron chi connectivity index (χ1n) is 8.37. The lowest BCUT2D eigenvalue weighted by Crippen LogP contribution is -2.21. The van der Waals surface area contributed by atoms with E-state index in [1.807, 2.05) is 24.3 Å². The molecule has 0 heterocycles. The van der Waals surface area contributed by atoms with Gasteiger partial charge in [-0.25, -0.2) is 4.79 Å². The van der Waals surface area contributed by atoms with Crippen molar-refractivity contribution in [3.8, 4) is 0 Å². The van der Waals surface area contributed by atoms with Gasteiger partial charge in [0.05, 0.1) is 5.56 Å². The second-order valence-corrected chi connectivity index (χ2v) is 6.45. The van der Waals surface area contributed by atoms with Crippen molar-refractivity contribution in [1.29, 1.82) is 0 Å². The molecule has 2 N–H and O–H groups in total. The summed E-state index contributed by atoms with van der Waals surface area (Å²) in [4.78, 5) is 10.9. The van der Waals surface area contributed by atoms with E-state index in [4.69, 9.17) is 21.4 Å². The Labute approximate surface area is 153 Å². The maximum Gasteiger partial charge on any atom is 0.335 e. The van der Waals surface area contributed by atoms with Crippen LogP contribution in [0.1, 0.15) is 40.2 Å². The molecular weight excluding hydrogens is 338 g/mol. The number of ether oxygens (including phenoxy) is 1. The molecule has 25 heavy (non-hydrogen) atoms. The van der Waals surface area contributed by atoms with Crippen LogP contribution in [-0.2, 0) is 11.3 Å². The van der Waals surface area contributed by atoms with Gasteiger partial charge in [-0.05, 0) is 54.2 Å². The second-order valence-electron chi connectivity index (χ2n) is 6.02. The van der Waals surface area contributed by atoms with Crippen LogP contribution in [0.3, 0.4) is 0 Å². The van der Waals surface area contributed by atoms with Gasteiger partial charge in [0.1, 0.15) is 0 Å². The van der Waals surface area contributed by atoms with Crippen LogP contribution in [0.15, 0.2) is 48.5 Å². The molecule has 1 atom stereocenters. The number of benzene rings is 2. The molecule has 0 amide bonds. The minimum Gasteiger partial charge on any atom is -0.478 e. The number of halogens is 1. The van der Waals surface area contributed by atoms with Crippen LogP contribution < -0.4 is 5.32 Å². The third kappa shape index (κ3) is 6.50. The largest absolute Gasteiger partial charge is 0.478 e. The lowest BCUT2D eigenvalue weighted by molar-refractivity contribution is 0.0697. The molecular formula is C20H24ClNO3. The Morgan fingerprint density at radius 1 is 1.16 bits per heavy atom. The fourth-order valence-corrected chi connectivity index (χ4v) is 2.88. The van der Waals surface area contributed by atoms with Gasteiger partial charge in [0, 0.05) is 31.8 Å². The zero-order valence-electron chi connectivity index (χ0n) is 14.4. The van der Waals surface area contributed by atoms with Crippen molar-refractivity contribution in [2.24, 2.45) is 0 Å². The van der Waals surface area contributed by atoms with Gasteiger partial charge < -0.3 is 15.2 Å². The summed E-state index contributed by atoms with van der Waals surface area (Å²) in [5.41, 5.74) is 2.63. The highest BCUT2D eigenvalue weighted by Crippen LogP contribution is 2.22. The highest BCUT2D eigenvalue weighted by Gasteiger charge is 2.11. The minimum absolute atomic E-state index is 0.308. The number of rotatable bonds is 10. The third-order valence-corrected chi connectivity index (χ3v) is 4.42. The van der Waals surface area contributed by atoms with Gasteiger partial charge in [0.15, 0.2) is 0 Å². The SMILES string of the molecule is COCCCC(CNCc1ccc(C(=O)O)cc1)c1ccc(Cl)cc1. The number of hydrogen-bond donors (Lipinski definition) is 2. The maximum atomic E-state index is 10.9. The number of carboxylic acids is 1. The lowest BCUT2D eigenvalue weighted by atomic mass is 9.94. The first-order valence-corrected chi connectivity index (χ1v) is 8.75. The van der Waals surface area contributed by atoms with Crippen LogP contribution in [-0.4, -0.2) is 31.3 Å². The normalized spacial score (nSPS) is 12.1. The monoisotopic (exact) mass is 361 g/mol. The molecule has 0 aliphatic carbocycles. The van der Waals surface area contributed by atoms with Crippen molar-refractivity contribution in [2.75, 3.05) is 20.3 Å². The highest BCUT2D eigenvalue weighted by atomic mass is 35.5. The summed E-state index contributed by atoms with van der Waals surface area (Å²) in [6.07, 6.45) is 2.03. The van der Waals surface area contributed by atoms with Crippen LogP contribution in [0.5, 0.6) is 0 Å². The fraction of sp³-hybridized carbons (Fsp3) is 0.350. The number of carbonyl (C=O) groups is 1. The molecule has 1 unspecified atom stereocenters. The summed E-state index contributed by atoms with van der Waals surface area (Å²) in [7, 11) is 1.72. The second kappa shape index (κ2) is 10.2. The molecule has 134 valence electrons. The van der Waals surface area contributed by atoms with E-state index < -0.39 is 5.97 Å². The third-order valence-electron chi connectivity index (χ3n) is 4.16. The standard InChI is InChI=1S/C20H24ClNO3/c1-25-12-2-3-18(16-8-10-19(21)11-9-16)14-22-13-15-4-6-17(7-5-15)20(23)24/h4-11,18,22H,2-3,12-14H2,1H3,(H,23,24). The van der Waals surface area contributed by atoms with Crippen LogP contribution in [0.4, 0.5) is 0 Å². The van der Waals surface area contributed by atoms with E-state index in [0.717, 1.165) is 36.6 Å². The van der Waals surface area contributed by atoms with Crippen LogP contribution in [0.2, 0.25) is 5.02 Å². The number of hydrogen-bond acceptors (Lipinski definition) is 3. The molecule has 2 aromatic carbocycles. The smallest absolute Gasteiger partial charge is 0.335 e. The first-order chi connectivity index (χ1) is 12.1. The van der Waals surface area contributed by atoms with E-state index in [9.17, 15) is 4.79 Å². The molecule has 0 aliphatic heterocycles. The lowest BCUT2D eigenvalue weighted by Gasteiger charge is -2.18. The van der Waals surface area contributed by atoms with E-state index >= 15 is 0 Å². The Bertz CT molecular complexity index is 656. The Morgan fingerprint density at radius 2 is 1.84 bits per heavy atom. The van der Waals surface area contributed by atoms with Gasteiger partial charge >= 0.3 is 5.97 Å². The highest BCUT2D eigenvalue weighted by molar-refractivity contribution is 6.30. The van der Waals surface area contributed by atoms with E-state index in [0.29, 0.717) is 18.0 Å². The number of aromatic carboxylic acids is 1. The minimum atomic E-state index is -0.902. The predicted octanol–water partition coefficient (Wildman–Crippen LogP) is 4.34. The zero-order valence-corrected chi connectivity index (χ0v) is 15.1. The topological polar surface area (TPSA) is 58.6 Å². The summed E-state index contributed by atoms with van der Waals surface area (Å²) < 4.78 is 5.16. The summed E-state index contributed by atoms with van der Waals surface area (Å²) in [5, 5.41) is 13.1.